The minimum atomic E-state index is -4.01. The summed E-state index contributed by atoms with van der Waals surface area (Å²) in [6.07, 6.45) is 0. The summed E-state index contributed by atoms with van der Waals surface area (Å²) in [5.74, 6) is -1.75. The van der Waals surface area contributed by atoms with Gasteiger partial charge in [0.2, 0.25) is 0 Å². The lowest BCUT2D eigenvalue weighted by molar-refractivity contribution is -0.146. The number of halogens is 1. The van der Waals surface area contributed by atoms with Crippen LogP contribution in [0.1, 0.15) is 29.8 Å². The standard InChI is InChI=1S/C19H21FN2O5S/c1-12-5-10-15(28(25,26)22-14-8-6-13(20)7-9-14)11-16(12)17(23)21-19(2,3)18(24)27-4/h5-11,22H,1-4H3,(H,21,23). The molecule has 150 valence electrons. The Morgan fingerprint density at radius 3 is 2.25 bits per heavy atom. The smallest absolute Gasteiger partial charge is 0.330 e. The molecule has 7 nitrogen and oxygen atoms in total. The maximum absolute atomic E-state index is 13.0. The van der Waals surface area contributed by atoms with Crippen molar-refractivity contribution in [1.29, 1.82) is 0 Å². The maximum atomic E-state index is 13.0. The number of sulfonamides is 1. The molecule has 28 heavy (non-hydrogen) atoms. The monoisotopic (exact) mass is 408 g/mol. The van der Waals surface area contributed by atoms with Crippen molar-refractivity contribution in [1.82, 2.24) is 5.32 Å². The van der Waals surface area contributed by atoms with Gasteiger partial charge in [-0.1, -0.05) is 6.07 Å². The second-order valence-corrected chi connectivity index (χ2v) is 8.34. The van der Waals surface area contributed by atoms with Gasteiger partial charge < -0.3 is 10.1 Å². The summed E-state index contributed by atoms with van der Waals surface area (Å²) >= 11 is 0. The molecule has 0 saturated heterocycles. The fraction of sp³-hybridized carbons (Fsp3) is 0.263. The maximum Gasteiger partial charge on any atom is 0.330 e. The summed E-state index contributed by atoms with van der Waals surface area (Å²) in [4.78, 5) is 24.2. The minimum absolute atomic E-state index is 0.0963. The van der Waals surface area contributed by atoms with Gasteiger partial charge in [0.1, 0.15) is 11.4 Å². The number of aryl methyl sites for hydroxylation is 1. The lowest BCUT2D eigenvalue weighted by atomic mass is 10.0. The first-order chi connectivity index (χ1) is 13.0. The van der Waals surface area contributed by atoms with E-state index in [0.717, 1.165) is 12.1 Å². The number of amides is 1. The molecule has 0 bridgehead atoms. The predicted octanol–water partition coefficient (Wildman–Crippen LogP) is 2.62. The van der Waals surface area contributed by atoms with Crippen LogP contribution >= 0.6 is 0 Å². The molecule has 2 rings (SSSR count). The van der Waals surface area contributed by atoms with Crippen molar-refractivity contribution in [3.8, 4) is 0 Å². The van der Waals surface area contributed by atoms with E-state index in [1.165, 1.54) is 51.3 Å². The molecule has 0 spiro atoms. The van der Waals surface area contributed by atoms with Crippen LogP contribution in [0.4, 0.5) is 10.1 Å². The Bertz CT molecular complexity index is 1000. The van der Waals surface area contributed by atoms with Crippen LogP contribution in [-0.4, -0.2) is 32.9 Å². The number of hydrogen-bond donors (Lipinski definition) is 2. The van der Waals surface area contributed by atoms with Gasteiger partial charge in [-0.25, -0.2) is 17.6 Å². The fourth-order valence-electron chi connectivity index (χ4n) is 2.40. The summed E-state index contributed by atoms with van der Waals surface area (Å²) < 4.78 is 45.2. The van der Waals surface area contributed by atoms with Crippen LogP contribution in [0.25, 0.3) is 0 Å². The molecule has 0 fully saturated rings. The van der Waals surface area contributed by atoms with Crippen LogP contribution < -0.4 is 10.0 Å². The molecule has 0 aliphatic carbocycles. The second-order valence-electron chi connectivity index (χ2n) is 6.66. The highest BCUT2D eigenvalue weighted by Gasteiger charge is 2.31. The van der Waals surface area contributed by atoms with Crippen LogP contribution in [-0.2, 0) is 19.6 Å². The predicted molar refractivity (Wildman–Crippen MR) is 102 cm³/mol. The molecule has 2 N–H and O–H groups in total. The van der Waals surface area contributed by atoms with E-state index < -0.39 is 33.3 Å². The summed E-state index contributed by atoms with van der Waals surface area (Å²) in [7, 11) is -2.80. The topological polar surface area (TPSA) is 102 Å². The van der Waals surface area contributed by atoms with E-state index in [0.29, 0.717) is 5.56 Å². The zero-order chi connectivity index (χ0) is 21.1. The number of anilines is 1. The number of hydrogen-bond acceptors (Lipinski definition) is 5. The number of nitrogens with one attached hydrogen (secondary N) is 2. The lowest BCUT2D eigenvalue weighted by Crippen LogP contribution is -2.50. The van der Waals surface area contributed by atoms with Gasteiger partial charge in [0.25, 0.3) is 15.9 Å². The Balaban J connectivity index is 2.32. The minimum Gasteiger partial charge on any atom is -0.467 e. The largest absolute Gasteiger partial charge is 0.467 e. The Kier molecular flexibility index (Phi) is 6.08. The van der Waals surface area contributed by atoms with Crippen molar-refractivity contribution < 1.29 is 27.1 Å². The van der Waals surface area contributed by atoms with Gasteiger partial charge in [-0.2, -0.15) is 0 Å². The van der Waals surface area contributed by atoms with E-state index in [9.17, 15) is 22.4 Å². The van der Waals surface area contributed by atoms with Crippen molar-refractivity contribution >= 4 is 27.6 Å². The molecule has 0 heterocycles. The molecule has 2 aromatic carbocycles. The van der Waals surface area contributed by atoms with Gasteiger partial charge in [-0.15, -0.1) is 0 Å². The van der Waals surface area contributed by atoms with Crippen LogP contribution in [0.5, 0.6) is 0 Å². The highest BCUT2D eigenvalue weighted by atomic mass is 32.2. The zero-order valence-electron chi connectivity index (χ0n) is 15.9. The molecular formula is C19H21FN2O5S. The normalized spacial score (nSPS) is 11.6. The van der Waals surface area contributed by atoms with Gasteiger partial charge >= 0.3 is 5.97 Å². The van der Waals surface area contributed by atoms with Crippen LogP contribution in [0.2, 0.25) is 0 Å². The van der Waals surface area contributed by atoms with Gasteiger partial charge in [-0.05, 0) is 62.7 Å². The average Bonchev–Trinajstić information content (AvgIpc) is 2.62. The van der Waals surface area contributed by atoms with Gasteiger partial charge in [-0.3, -0.25) is 9.52 Å². The van der Waals surface area contributed by atoms with E-state index in [4.69, 9.17) is 0 Å². The van der Waals surface area contributed by atoms with E-state index in [-0.39, 0.29) is 16.1 Å². The molecule has 2 aromatic rings. The molecule has 0 atom stereocenters. The average molecular weight is 408 g/mol. The fourth-order valence-corrected chi connectivity index (χ4v) is 3.49. The number of methoxy groups -OCH3 is 1. The molecular weight excluding hydrogens is 387 g/mol. The first-order valence-electron chi connectivity index (χ1n) is 8.26. The Morgan fingerprint density at radius 2 is 1.68 bits per heavy atom. The quantitative estimate of drug-likeness (QED) is 0.716. The first-order valence-corrected chi connectivity index (χ1v) is 9.74. The second kappa shape index (κ2) is 7.97. The van der Waals surface area contributed by atoms with Crippen molar-refractivity contribution in [3.05, 3.63) is 59.4 Å². The third-order valence-electron chi connectivity index (χ3n) is 3.98. The molecule has 0 saturated carbocycles. The summed E-state index contributed by atoms with van der Waals surface area (Å²) in [6.45, 7) is 4.59. The van der Waals surface area contributed by atoms with Crippen molar-refractivity contribution in [2.24, 2.45) is 0 Å². The van der Waals surface area contributed by atoms with Crippen LogP contribution in [0, 0.1) is 12.7 Å². The molecule has 0 aliphatic rings. The van der Waals surface area contributed by atoms with Gasteiger partial charge in [0.05, 0.1) is 12.0 Å². The summed E-state index contributed by atoms with van der Waals surface area (Å²) in [6, 6.07) is 8.87. The lowest BCUT2D eigenvalue weighted by Gasteiger charge is -2.23. The van der Waals surface area contributed by atoms with Gasteiger partial charge in [0, 0.05) is 11.3 Å². The number of ether oxygens (including phenoxy) is 1. The summed E-state index contributed by atoms with van der Waals surface area (Å²) in [5, 5.41) is 2.53. The van der Waals surface area contributed by atoms with Gasteiger partial charge in [0.15, 0.2) is 0 Å². The molecule has 0 radical (unpaired) electrons. The molecule has 0 unspecified atom stereocenters. The summed E-state index contributed by atoms with van der Waals surface area (Å²) in [5.41, 5.74) is -0.489. The number of carbonyl (C=O) groups is 2. The Morgan fingerprint density at radius 1 is 1.07 bits per heavy atom. The number of esters is 1. The number of benzene rings is 2. The van der Waals surface area contributed by atoms with Crippen molar-refractivity contribution in [2.45, 2.75) is 31.2 Å². The Hall–Kier alpha value is -2.94. The Labute approximate surface area is 163 Å². The van der Waals surface area contributed by atoms with E-state index in [1.807, 2.05) is 0 Å². The zero-order valence-corrected chi connectivity index (χ0v) is 16.7. The SMILES string of the molecule is COC(=O)C(C)(C)NC(=O)c1cc(S(=O)(=O)Nc2ccc(F)cc2)ccc1C. The van der Waals surface area contributed by atoms with Crippen LogP contribution in [0.15, 0.2) is 47.4 Å². The highest BCUT2D eigenvalue weighted by molar-refractivity contribution is 7.92. The van der Waals surface area contributed by atoms with E-state index in [2.05, 4.69) is 14.8 Å². The van der Waals surface area contributed by atoms with Crippen LogP contribution in [0.3, 0.4) is 0 Å². The molecule has 0 aromatic heterocycles. The molecule has 0 aliphatic heterocycles. The van der Waals surface area contributed by atoms with E-state index in [1.54, 1.807) is 6.92 Å². The molecule has 1 amide bonds. The van der Waals surface area contributed by atoms with Crippen molar-refractivity contribution in [2.75, 3.05) is 11.8 Å². The van der Waals surface area contributed by atoms with E-state index >= 15 is 0 Å². The number of rotatable bonds is 6. The van der Waals surface area contributed by atoms with Crippen molar-refractivity contribution in [3.63, 3.8) is 0 Å². The third kappa shape index (κ3) is 4.86. The first kappa shape index (κ1) is 21.4. The highest BCUT2D eigenvalue weighted by Crippen LogP contribution is 2.20. The number of carbonyl (C=O) groups excluding carboxylic acids is 2. The third-order valence-corrected chi connectivity index (χ3v) is 5.36. The molecule has 9 heteroatoms.